The molecule has 0 aliphatic heterocycles. The Hall–Kier alpha value is -2.74. The Labute approximate surface area is 123 Å². The third-order valence-electron chi connectivity index (χ3n) is 3.84. The lowest BCUT2D eigenvalue weighted by atomic mass is 10.1. The molecular formula is C19H15NO. The summed E-state index contributed by atoms with van der Waals surface area (Å²) in [6.07, 6.45) is 2.05. The molecule has 0 bridgehead atoms. The Kier molecular flexibility index (Phi) is 2.68. The van der Waals surface area contributed by atoms with Crippen molar-refractivity contribution in [1.29, 1.82) is 0 Å². The molecule has 0 aliphatic rings. The molecule has 2 nitrogen and oxygen atoms in total. The number of hydrogen-bond donors (Lipinski definition) is 0. The van der Waals surface area contributed by atoms with Gasteiger partial charge in [-0.2, -0.15) is 0 Å². The van der Waals surface area contributed by atoms with Crippen LogP contribution in [0.1, 0.15) is 0 Å². The van der Waals surface area contributed by atoms with Crippen molar-refractivity contribution in [2.75, 3.05) is 0 Å². The summed E-state index contributed by atoms with van der Waals surface area (Å²) < 4.78 is 8.20. The molecule has 0 saturated carbocycles. The van der Waals surface area contributed by atoms with E-state index in [-0.39, 0.29) is 0 Å². The van der Waals surface area contributed by atoms with Crippen molar-refractivity contribution in [3.8, 4) is 11.5 Å². The van der Waals surface area contributed by atoms with Gasteiger partial charge in [0.05, 0.1) is 5.52 Å². The second kappa shape index (κ2) is 4.67. The SMILES string of the molecule is Cn1ccc2c(Oc3ccc4ccccc4c3)cccc21. The average molecular weight is 273 g/mol. The van der Waals surface area contributed by atoms with E-state index in [1.807, 2.05) is 37.4 Å². The van der Waals surface area contributed by atoms with Crippen molar-refractivity contribution in [3.63, 3.8) is 0 Å². The van der Waals surface area contributed by atoms with Gasteiger partial charge < -0.3 is 9.30 Å². The standard InChI is InChI=1S/C19H15NO/c1-20-12-11-17-18(20)7-4-8-19(17)21-16-10-9-14-5-2-3-6-15(14)13-16/h2-13H,1H3. The first-order valence-electron chi connectivity index (χ1n) is 7.02. The molecule has 0 amide bonds. The lowest BCUT2D eigenvalue weighted by Gasteiger charge is -2.08. The molecule has 1 aromatic heterocycles. The van der Waals surface area contributed by atoms with Crippen LogP contribution in [-0.2, 0) is 7.05 Å². The second-order valence-corrected chi connectivity index (χ2v) is 5.23. The molecular weight excluding hydrogens is 258 g/mol. The molecule has 0 unspecified atom stereocenters. The Balaban J connectivity index is 1.79. The van der Waals surface area contributed by atoms with Crippen molar-refractivity contribution < 1.29 is 4.74 Å². The number of rotatable bonds is 2. The van der Waals surface area contributed by atoms with Crippen LogP contribution in [0.3, 0.4) is 0 Å². The number of nitrogens with zero attached hydrogens (tertiary/aromatic N) is 1. The van der Waals surface area contributed by atoms with Gasteiger partial charge in [0, 0.05) is 18.6 Å². The molecule has 21 heavy (non-hydrogen) atoms. The van der Waals surface area contributed by atoms with Gasteiger partial charge in [-0.15, -0.1) is 0 Å². The molecule has 1 heterocycles. The average Bonchev–Trinajstić information content (AvgIpc) is 2.90. The molecule has 102 valence electrons. The molecule has 0 atom stereocenters. The van der Waals surface area contributed by atoms with E-state index in [1.165, 1.54) is 16.3 Å². The molecule has 4 aromatic rings. The van der Waals surface area contributed by atoms with E-state index in [0.29, 0.717) is 0 Å². The van der Waals surface area contributed by atoms with Crippen LogP contribution in [0.15, 0.2) is 72.9 Å². The smallest absolute Gasteiger partial charge is 0.136 e. The summed E-state index contributed by atoms with van der Waals surface area (Å²) in [6.45, 7) is 0. The highest BCUT2D eigenvalue weighted by atomic mass is 16.5. The van der Waals surface area contributed by atoms with Gasteiger partial charge in [-0.25, -0.2) is 0 Å². The highest BCUT2D eigenvalue weighted by Gasteiger charge is 2.06. The molecule has 4 rings (SSSR count). The fourth-order valence-electron chi connectivity index (χ4n) is 2.72. The third kappa shape index (κ3) is 2.05. The zero-order valence-corrected chi connectivity index (χ0v) is 11.8. The maximum atomic E-state index is 6.10. The second-order valence-electron chi connectivity index (χ2n) is 5.23. The molecule has 0 radical (unpaired) electrons. The normalized spacial score (nSPS) is 11.1. The van der Waals surface area contributed by atoms with Gasteiger partial charge in [0.25, 0.3) is 0 Å². The lowest BCUT2D eigenvalue weighted by Crippen LogP contribution is -1.87. The summed E-state index contributed by atoms with van der Waals surface area (Å²) >= 11 is 0. The van der Waals surface area contributed by atoms with Crippen molar-refractivity contribution in [2.24, 2.45) is 7.05 Å². The topological polar surface area (TPSA) is 14.2 Å². The van der Waals surface area contributed by atoms with E-state index in [9.17, 15) is 0 Å². The molecule has 0 saturated heterocycles. The van der Waals surface area contributed by atoms with Crippen molar-refractivity contribution >= 4 is 21.7 Å². The van der Waals surface area contributed by atoms with Gasteiger partial charge in [-0.05, 0) is 41.1 Å². The minimum atomic E-state index is 0.866. The molecule has 0 N–H and O–H groups in total. The summed E-state index contributed by atoms with van der Waals surface area (Å²) in [7, 11) is 2.04. The van der Waals surface area contributed by atoms with Crippen LogP contribution in [0.4, 0.5) is 0 Å². The Bertz CT molecular complexity index is 937. The highest BCUT2D eigenvalue weighted by molar-refractivity contribution is 5.87. The summed E-state index contributed by atoms with van der Waals surface area (Å²) in [6, 6.07) is 22.7. The first kappa shape index (κ1) is 12.0. The van der Waals surface area contributed by atoms with E-state index >= 15 is 0 Å². The first-order valence-corrected chi connectivity index (χ1v) is 7.02. The van der Waals surface area contributed by atoms with Crippen molar-refractivity contribution in [1.82, 2.24) is 4.57 Å². The molecule has 2 heteroatoms. The van der Waals surface area contributed by atoms with Crippen LogP contribution in [-0.4, -0.2) is 4.57 Å². The lowest BCUT2D eigenvalue weighted by molar-refractivity contribution is 0.489. The number of hydrogen-bond acceptors (Lipinski definition) is 1. The van der Waals surface area contributed by atoms with Gasteiger partial charge in [-0.3, -0.25) is 0 Å². The van der Waals surface area contributed by atoms with E-state index in [2.05, 4.69) is 47.2 Å². The van der Waals surface area contributed by atoms with Crippen LogP contribution in [0.5, 0.6) is 11.5 Å². The summed E-state index contributed by atoms with van der Waals surface area (Å²) in [4.78, 5) is 0. The van der Waals surface area contributed by atoms with E-state index < -0.39 is 0 Å². The van der Waals surface area contributed by atoms with Gasteiger partial charge in [0.1, 0.15) is 11.5 Å². The largest absolute Gasteiger partial charge is 0.457 e. The zero-order chi connectivity index (χ0) is 14.2. The number of aryl methyl sites for hydroxylation is 1. The van der Waals surface area contributed by atoms with Gasteiger partial charge in [-0.1, -0.05) is 36.4 Å². The number of benzene rings is 3. The van der Waals surface area contributed by atoms with Crippen LogP contribution in [0.25, 0.3) is 21.7 Å². The number of aromatic nitrogens is 1. The van der Waals surface area contributed by atoms with Crippen LogP contribution in [0.2, 0.25) is 0 Å². The summed E-state index contributed by atoms with van der Waals surface area (Å²) in [5, 5.41) is 3.55. The quantitative estimate of drug-likeness (QED) is 0.494. The first-order chi connectivity index (χ1) is 10.3. The monoisotopic (exact) mass is 273 g/mol. The van der Waals surface area contributed by atoms with Crippen LogP contribution >= 0.6 is 0 Å². The van der Waals surface area contributed by atoms with E-state index in [1.54, 1.807) is 0 Å². The fraction of sp³-hybridized carbons (Fsp3) is 0.0526. The molecule has 3 aromatic carbocycles. The molecule has 0 aliphatic carbocycles. The van der Waals surface area contributed by atoms with Gasteiger partial charge in [0.2, 0.25) is 0 Å². The zero-order valence-electron chi connectivity index (χ0n) is 11.8. The summed E-state index contributed by atoms with van der Waals surface area (Å²) in [5.74, 6) is 1.76. The summed E-state index contributed by atoms with van der Waals surface area (Å²) in [5.41, 5.74) is 1.17. The van der Waals surface area contributed by atoms with E-state index in [4.69, 9.17) is 4.74 Å². The predicted octanol–water partition coefficient (Wildman–Crippen LogP) is 5.12. The Morgan fingerprint density at radius 3 is 2.57 bits per heavy atom. The minimum Gasteiger partial charge on any atom is -0.457 e. The fourth-order valence-corrected chi connectivity index (χ4v) is 2.72. The third-order valence-corrected chi connectivity index (χ3v) is 3.84. The van der Waals surface area contributed by atoms with Gasteiger partial charge in [0.15, 0.2) is 0 Å². The van der Waals surface area contributed by atoms with Crippen molar-refractivity contribution in [2.45, 2.75) is 0 Å². The molecule has 0 spiro atoms. The highest BCUT2D eigenvalue weighted by Crippen LogP contribution is 2.31. The molecule has 0 fully saturated rings. The number of fused-ring (bicyclic) bond motifs is 2. The predicted molar refractivity (Wildman–Crippen MR) is 86.9 cm³/mol. The van der Waals surface area contributed by atoms with Crippen molar-refractivity contribution in [3.05, 3.63) is 72.9 Å². The van der Waals surface area contributed by atoms with Gasteiger partial charge >= 0.3 is 0 Å². The van der Waals surface area contributed by atoms with Crippen LogP contribution < -0.4 is 4.74 Å². The van der Waals surface area contributed by atoms with Crippen LogP contribution in [0, 0.1) is 0 Å². The van der Waals surface area contributed by atoms with E-state index in [0.717, 1.165) is 16.9 Å². The minimum absolute atomic E-state index is 0.866. The Morgan fingerprint density at radius 1 is 0.810 bits per heavy atom. The maximum absolute atomic E-state index is 6.10. The number of ether oxygens (including phenoxy) is 1. The Morgan fingerprint density at radius 2 is 1.67 bits per heavy atom. The maximum Gasteiger partial charge on any atom is 0.136 e.